The van der Waals surface area contributed by atoms with Crippen molar-refractivity contribution >= 4 is 17.9 Å². The predicted molar refractivity (Wildman–Crippen MR) is 317 cm³/mol. The molecule has 0 radical (unpaired) electrons. The summed E-state index contributed by atoms with van der Waals surface area (Å²) in [7, 11) is 5.94. The Labute approximate surface area is 459 Å². The van der Waals surface area contributed by atoms with E-state index in [1.807, 2.05) is 21.1 Å². The van der Waals surface area contributed by atoms with Crippen molar-refractivity contribution in [3.63, 3.8) is 0 Å². The van der Waals surface area contributed by atoms with Crippen molar-refractivity contribution in [2.24, 2.45) is 0 Å². The second-order valence-corrected chi connectivity index (χ2v) is 20.2. The van der Waals surface area contributed by atoms with Crippen LogP contribution < -0.4 is 0 Å². The van der Waals surface area contributed by atoms with Crippen LogP contribution in [0.15, 0.2) is 134 Å². The first kappa shape index (κ1) is 70.4. The largest absolute Gasteiger partial charge is 0.477 e. The van der Waals surface area contributed by atoms with Crippen LogP contribution in [0.5, 0.6) is 0 Å². The number of carbonyl (C=O) groups is 3. The van der Waals surface area contributed by atoms with Gasteiger partial charge in [-0.2, -0.15) is 0 Å². The van der Waals surface area contributed by atoms with E-state index in [2.05, 4.69) is 148 Å². The van der Waals surface area contributed by atoms with Crippen molar-refractivity contribution in [1.29, 1.82) is 0 Å². The Bertz CT molecular complexity index is 1690. The summed E-state index contributed by atoms with van der Waals surface area (Å²) in [5, 5.41) is 9.70. The van der Waals surface area contributed by atoms with Gasteiger partial charge in [-0.05, 0) is 103 Å². The lowest BCUT2D eigenvalue weighted by molar-refractivity contribution is -0.870. The summed E-state index contributed by atoms with van der Waals surface area (Å²) in [6.07, 6.45) is 76.8. The minimum atomic E-state index is -1.53. The fourth-order valence-corrected chi connectivity index (χ4v) is 7.46. The van der Waals surface area contributed by atoms with Gasteiger partial charge in [0, 0.05) is 12.8 Å². The van der Waals surface area contributed by atoms with Crippen molar-refractivity contribution in [1.82, 2.24) is 0 Å². The maximum Gasteiger partial charge on any atom is 0.361 e. The number of nitrogens with zero attached hydrogens (tertiary/aromatic N) is 1. The second-order valence-electron chi connectivity index (χ2n) is 20.2. The van der Waals surface area contributed by atoms with Gasteiger partial charge in [0.05, 0.1) is 34.4 Å². The molecule has 2 unspecified atom stereocenters. The van der Waals surface area contributed by atoms with Crippen molar-refractivity contribution in [3.8, 4) is 0 Å². The smallest absolute Gasteiger partial charge is 0.361 e. The van der Waals surface area contributed by atoms with Crippen LogP contribution in [0, 0.1) is 0 Å². The van der Waals surface area contributed by atoms with Gasteiger partial charge in [-0.3, -0.25) is 9.59 Å². The van der Waals surface area contributed by atoms with Gasteiger partial charge >= 0.3 is 17.9 Å². The van der Waals surface area contributed by atoms with E-state index in [1.54, 1.807) is 0 Å². The van der Waals surface area contributed by atoms with Gasteiger partial charge < -0.3 is 28.5 Å². The normalized spacial score (nSPS) is 13.8. The quantitative estimate of drug-likeness (QED) is 0.0211. The maximum absolute atomic E-state index is 12.9. The van der Waals surface area contributed by atoms with Crippen LogP contribution in [-0.4, -0.2) is 87.4 Å². The second kappa shape index (κ2) is 55.7. The third-order valence-corrected chi connectivity index (χ3v) is 11.9. The molecular formula is C66H108NO8+. The van der Waals surface area contributed by atoms with E-state index in [4.69, 9.17) is 18.9 Å². The molecule has 9 heteroatoms. The zero-order valence-corrected chi connectivity index (χ0v) is 48.2. The Balaban J connectivity index is 4.34. The van der Waals surface area contributed by atoms with Crippen LogP contribution >= 0.6 is 0 Å². The van der Waals surface area contributed by atoms with Crippen LogP contribution in [0.4, 0.5) is 0 Å². The number of rotatable bonds is 52. The first-order chi connectivity index (χ1) is 36.6. The third-order valence-electron chi connectivity index (χ3n) is 11.9. The zero-order chi connectivity index (χ0) is 54.8. The summed E-state index contributed by atoms with van der Waals surface area (Å²) in [6.45, 7) is 4.57. The molecule has 0 aliphatic heterocycles. The summed E-state index contributed by atoms with van der Waals surface area (Å²) in [6, 6.07) is 0. The third kappa shape index (κ3) is 57.0. The molecule has 1 N–H and O–H groups in total. The van der Waals surface area contributed by atoms with E-state index in [0.717, 1.165) is 89.9 Å². The van der Waals surface area contributed by atoms with Crippen LogP contribution in [0.3, 0.4) is 0 Å². The summed E-state index contributed by atoms with van der Waals surface area (Å²) >= 11 is 0. The van der Waals surface area contributed by atoms with Crippen molar-refractivity contribution in [2.75, 3.05) is 47.5 Å². The monoisotopic (exact) mass is 1040 g/mol. The number of carboxylic acids is 1. The molecule has 0 saturated heterocycles. The lowest BCUT2D eigenvalue weighted by Gasteiger charge is -2.25. The minimum absolute atomic E-state index is 0.169. The molecule has 0 amide bonds. The molecule has 0 bridgehead atoms. The number of ether oxygens (including phenoxy) is 4. The van der Waals surface area contributed by atoms with Crippen molar-refractivity contribution < 1.29 is 42.9 Å². The molecule has 424 valence electrons. The molecule has 0 aromatic carbocycles. The van der Waals surface area contributed by atoms with Crippen molar-refractivity contribution in [2.45, 2.75) is 219 Å². The fourth-order valence-electron chi connectivity index (χ4n) is 7.46. The van der Waals surface area contributed by atoms with Gasteiger partial charge in [-0.15, -0.1) is 0 Å². The molecule has 0 aromatic heterocycles. The Morgan fingerprint density at radius 3 is 1.11 bits per heavy atom. The number of carboxylic acid groups (broad SMARTS) is 1. The molecule has 2 atom stereocenters. The highest BCUT2D eigenvalue weighted by molar-refractivity contribution is 5.71. The molecule has 0 aromatic rings. The average Bonchev–Trinajstić information content (AvgIpc) is 3.38. The van der Waals surface area contributed by atoms with Crippen molar-refractivity contribution in [3.05, 3.63) is 134 Å². The van der Waals surface area contributed by atoms with E-state index in [9.17, 15) is 19.5 Å². The number of unbranched alkanes of at least 4 members (excludes halogenated alkanes) is 15. The van der Waals surface area contributed by atoms with Crippen LogP contribution in [0.1, 0.15) is 206 Å². The summed E-state index contributed by atoms with van der Waals surface area (Å²) in [5.41, 5.74) is 0. The Morgan fingerprint density at radius 2 is 0.733 bits per heavy atom. The fraction of sp³-hybridized carbons (Fsp3) is 0.621. The number of esters is 2. The maximum atomic E-state index is 12.9. The predicted octanol–water partition coefficient (Wildman–Crippen LogP) is 17.5. The summed E-state index contributed by atoms with van der Waals surface area (Å²) < 4.78 is 22.8. The minimum Gasteiger partial charge on any atom is -0.477 e. The number of carbonyl (C=O) groups excluding carboxylic acids is 2. The number of quaternary nitrogens is 1. The first-order valence-electron chi connectivity index (χ1n) is 29.3. The Kier molecular flexibility index (Phi) is 52.3. The summed E-state index contributed by atoms with van der Waals surface area (Å²) in [4.78, 5) is 37.4. The molecule has 0 fully saturated rings. The highest BCUT2D eigenvalue weighted by Gasteiger charge is 2.25. The van der Waals surface area contributed by atoms with Gasteiger partial charge in [0.2, 0.25) is 0 Å². The molecule has 0 heterocycles. The number of hydrogen-bond acceptors (Lipinski definition) is 7. The average molecular weight is 1040 g/mol. The molecule has 0 aliphatic rings. The van der Waals surface area contributed by atoms with Crippen LogP contribution in [0.2, 0.25) is 0 Å². The Morgan fingerprint density at radius 1 is 0.400 bits per heavy atom. The van der Waals surface area contributed by atoms with Crippen LogP contribution in [0.25, 0.3) is 0 Å². The van der Waals surface area contributed by atoms with Gasteiger partial charge in [-0.1, -0.05) is 225 Å². The number of likely N-dealkylation sites (N-methyl/N-ethyl adjacent to an activating group) is 1. The lowest BCUT2D eigenvalue weighted by atomic mass is 10.0. The number of allylic oxidation sites excluding steroid dienone is 22. The Hall–Kier alpha value is -4.57. The van der Waals surface area contributed by atoms with Gasteiger partial charge in [0.1, 0.15) is 13.2 Å². The highest BCUT2D eigenvalue weighted by Crippen LogP contribution is 2.15. The molecule has 75 heavy (non-hydrogen) atoms. The van der Waals surface area contributed by atoms with Crippen LogP contribution in [-0.2, 0) is 33.3 Å². The van der Waals surface area contributed by atoms with E-state index < -0.39 is 24.3 Å². The summed E-state index contributed by atoms with van der Waals surface area (Å²) in [5.74, 6) is -2.10. The SMILES string of the molecule is CC/C=C\C/C=C\C/C=C\C/C=C\C/C=C\C/C=C\C/C=C\CCCC(=O)OC(COC(=O)CCCCCCCCCCCCCCCC/C=C\C/C=C\C/C=C\C/C=C\CC)COC(OCC[N+](C)(C)C)C(=O)O. The number of hydrogen-bond donors (Lipinski definition) is 1. The topological polar surface area (TPSA) is 108 Å². The molecule has 0 aliphatic carbocycles. The highest BCUT2D eigenvalue weighted by atomic mass is 16.7. The molecule has 0 rings (SSSR count). The first-order valence-corrected chi connectivity index (χ1v) is 29.3. The zero-order valence-electron chi connectivity index (χ0n) is 48.2. The molecule has 9 nitrogen and oxygen atoms in total. The van der Waals surface area contributed by atoms with E-state index >= 15 is 0 Å². The number of aliphatic carboxylic acids is 1. The van der Waals surface area contributed by atoms with Gasteiger partial charge in [0.25, 0.3) is 6.29 Å². The van der Waals surface area contributed by atoms with E-state index in [0.29, 0.717) is 23.9 Å². The van der Waals surface area contributed by atoms with Gasteiger partial charge in [-0.25, -0.2) is 4.79 Å². The standard InChI is InChI=1S/C66H107NO8/c1-6-8-10-12-14-16-18-20-22-24-26-28-30-31-32-33-35-36-38-40-42-44-46-48-50-52-54-56-63(68)73-60-62(61-74-66(65(70)71)72-59-58-67(3,4)5)75-64(69)57-55-53-51-49-47-45-43-41-39-37-34-29-27-25-23-21-19-17-15-13-11-9-7-2/h8-11,14-17,20-23,26-29,37,39,43,45,49,51,62,66H,6-7,12-13,18-19,24-25,30-36,38,40-42,44,46-48,50,52-61H2,1-5H3/p+1/b10-8-,11-9-,16-14-,17-15-,22-20-,23-21-,28-26-,29-27-,39-37-,45-43-,51-49-. The molecule has 0 spiro atoms. The molecular weight excluding hydrogens is 935 g/mol. The molecule has 0 saturated carbocycles. The van der Waals surface area contributed by atoms with Gasteiger partial charge in [0.15, 0.2) is 6.10 Å². The lowest BCUT2D eigenvalue weighted by Crippen LogP contribution is -2.40. The van der Waals surface area contributed by atoms with E-state index in [-0.39, 0.29) is 38.6 Å². The van der Waals surface area contributed by atoms with E-state index in [1.165, 1.54) is 77.0 Å².